The van der Waals surface area contributed by atoms with E-state index in [1.165, 1.54) is 31.9 Å². The number of unbranched alkanes of at least 4 members (excludes halogenated alkanes) is 5. The Morgan fingerprint density at radius 2 is 1.75 bits per heavy atom. The zero-order chi connectivity index (χ0) is 14.6. The molecule has 0 aliphatic rings. The normalized spacial score (nSPS) is 10.2. The molecular weight excluding hydrogens is 256 g/mol. The summed E-state index contributed by atoms with van der Waals surface area (Å²) in [5, 5.41) is 5.13. The van der Waals surface area contributed by atoms with Crippen molar-refractivity contribution in [2.45, 2.75) is 52.0 Å². The summed E-state index contributed by atoms with van der Waals surface area (Å²) < 4.78 is 5.06. The van der Waals surface area contributed by atoms with Gasteiger partial charge in [0, 0.05) is 6.54 Å². The Bertz CT molecular complexity index is 388. The highest BCUT2D eigenvalue weighted by Gasteiger charge is 2.12. The molecule has 1 aromatic heterocycles. The van der Waals surface area contributed by atoms with E-state index in [9.17, 15) is 9.59 Å². The van der Waals surface area contributed by atoms with E-state index in [1.54, 1.807) is 12.1 Å². The Hall–Kier alpha value is -1.78. The molecule has 0 saturated carbocycles. The number of furan rings is 1. The van der Waals surface area contributed by atoms with Crippen molar-refractivity contribution in [2.75, 3.05) is 6.54 Å². The van der Waals surface area contributed by atoms with Gasteiger partial charge in [-0.1, -0.05) is 39.0 Å². The Kier molecular flexibility index (Phi) is 8.19. The van der Waals surface area contributed by atoms with Gasteiger partial charge in [0.15, 0.2) is 0 Å². The van der Waals surface area contributed by atoms with Crippen LogP contribution in [0.4, 0.5) is 0 Å². The first-order valence-electron chi connectivity index (χ1n) is 7.32. The van der Waals surface area contributed by atoms with Crippen molar-refractivity contribution >= 4 is 11.8 Å². The molecule has 0 bridgehead atoms. The van der Waals surface area contributed by atoms with E-state index in [-0.39, 0.29) is 6.54 Å². The molecule has 0 aliphatic carbocycles. The molecule has 2 N–H and O–H groups in total. The summed E-state index contributed by atoms with van der Waals surface area (Å²) >= 11 is 0. The molecular formula is C15H24N2O3. The highest BCUT2D eigenvalue weighted by atomic mass is 16.3. The topological polar surface area (TPSA) is 71.3 Å². The van der Waals surface area contributed by atoms with E-state index in [1.807, 2.05) is 0 Å². The molecule has 20 heavy (non-hydrogen) atoms. The van der Waals surface area contributed by atoms with Crippen molar-refractivity contribution in [1.29, 1.82) is 0 Å². The first kappa shape index (κ1) is 16.3. The molecule has 0 saturated heterocycles. The van der Waals surface area contributed by atoms with Gasteiger partial charge >= 0.3 is 11.8 Å². The maximum atomic E-state index is 11.5. The van der Waals surface area contributed by atoms with Crippen molar-refractivity contribution in [2.24, 2.45) is 0 Å². The van der Waals surface area contributed by atoms with Crippen LogP contribution in [0.1, 0.15) is 51.2 Å². The van der Waals surface area contributed by atoms with Crippen LogP contribution in [0.3, 0.4) is 0 Å². The number of hydrogen-bond acceptors (Lipinski definition) is 3. The van der Waals surface area contributed by atoms with Crippen LogP contribution in [0.5, 0.6) is 0 Å². The predicted octanol–water partition coefficient (Wildman–Crippen LogP) is 2.37. The number of rotatable bonds is 9. The van der Waals surface area contributed by atoms with Gasteiger partial charge in [-0.15, -0.1) is 0 Å². The number of nitrogens with one attached hydrogen (secondary N) is 2. The van der Waals surface area contributed by atoms with Gasteiger partial charge in [-0.2, -0.15) is 0 Å². The lowest BCUT2D eigenvalue weighted by Crippen LogP contribution is -2.39. The monoisotopic (exact) mass is 280 g/mol. The first-order valence-corrected chi connectivity index (χ1v) is 7.32. The van der Waals surface area contributed by atoms with Crippen molar-refractivity contribution in [1.82, 2.24) is 10.6 Å². The first-order chi connectivity index (χ1) is 9.74. The molecule has 2 amide bonds. The summed E-state index contributed by atoms with van der Waals surface area (Å²) in [6.45, 7) is 2.97. The molecule has 0 spiro atoms. The van der Waals surface area contributed by atoms with Crippen LogP contribution in [-0.4, -0.2) is 18.4 Å². The second-order valence-electron chi connectivity index (χ2n) is 4.79. The molecule has 0 radical (unpaired) electrons. The van der Waals surface area contributed by atoms with Gasteiger partial charge in [0.05, 0.1) is 12.8 Å². The van der Waals surface area contributed by atoms with E-state index in [0.29, 0.717) is 12.3 Å². The van der Waals surface area contributed by atoms with Gasteiger partial charge < -0.3 is 15.1 Å². The van der Waals surface area contributed by atoms with Crippen LogP contribution < -0.4 is 10.6 Å². The molecule has 1 aromatic rings. The standard InChI is InChI=1S/C15H24N2O3/c1-2-3-4-5-6-7-10-16-14(18)15(19)17-12-13-9-8-11-20-13/h8-9,11H,2-7,10,12H2,1H3,(H,16,18)(H,17,19). The van der Waals surface area contributed by atoms with Gasteiger partial charge in [0.25, 0.3) is 0 Å². The van der Waals surface area contributed by atoms with Gasteiger partial charge in [0.2, 0.25) is 0 Å². The minimum Gasteiger partial charge on any atom is -0.467 e. The Morgan fingerprint density at radius 1 is 1.05 bits per heavy atom. The Morgan fingerprint density at radius 3 is 2.45 bits per heavy atom. The maximum absolute atomic E-state index is 11.5. The minimum atomic E-state index is -0.618. The quantitative estimate of drug-likeness (QED) is 0.539. The molecule has 1 rings (SSSR count). The summed E-state index contributed by atoms with van der Waals surface area (Å²) in [5.41, 5.74) is 0. The van der Waals surface area contributed by atoms with Crippen molar-refractivity contribution in [3.8, 4) is 0 Å². The minimum absolute atomic E-state index is 0.232. The molecule has 5 heteroatoms. The fourth-order valence-corrected chi connectivity index (χ4v) is 1.85. The number of amides is 2. The molecule has 0 atom stereocenters. The third-order valence-corrected chi connectivity index (χ3v) is 3.03. The van der Waals surface area contributed by atoms with Crippen molar-refractivity contribution < 1.29 is 14.0 Å². The molecule has 0 fully saturated rings. The smallest absolute Gasteiger partial charge is 0.309 e. The molecule has 1 heterocycles. The lowest BCUT2D eigenvalue weighted by molar-refractivity contribution is -0.139. The summed E-state index contributed by atoms with van der Waals surface area (Å²) in [6, 6.07) is 3.48. The predicted molar refractivity (Wildman–Crippen MR) is 76.9 cm³/mol. The van der Waals surface area contributed by atoms with Crippen LogP contribution >= 0.6 is 0 Å². The molecule has 0 aliphatic heterocycles. The fraction of sp³-hybridized carbons (Fsp3) is 0.600. The van der Waals surface area contributed by atoms with Crippen molar-refractivity contribution in [3.05, 3.63) is 24.2 Å². The third-order valence-electron chi connectivity index (χ3n) is 3.03. The van der Waals surface area contributed by atoms with E-state index >= 15 is 0 Å². The van der Waals surface area contributed by atoms with Gasteiger partial charge in [-0.3, -0.25) is 9.59 Å². The van der Waals surface area contributed by atoms with Gasteiger partial charge in [-0.25, -0.2) is 0 Å². The van der Waals surface area contributed by atoms with E-state index < -0.39 is 11.8 Å². The zero-order valence-corrected chi connectivity index (χ0v) is 12.1. The second-order valence-corrected chi connectivity index (χ2v) is 4.79. The van der Waals surface area contributed by atoms with Crippen molar-refractivity contribution in [3.63, 3.8) is 0 Å². The van der Waals surface area contributed by atoms with Gasteiger partial charge in [-0.05, 0) is 18.6 Å². The van der Waals surface area contributed by atoms with E-state index in [2.05, 4.69) is 17.6 Å². The zero-order valence-electron chi connectivity index (χ0n) is 12.1. The lowest BCUT2D eigenvalue weighted by atomic mass is 10.1. The summed E-state index contributed by atoms with van der Waals surface area (Å²) in [5.74, 6) is -0.570. The third kappa shape index (κ3) is 6.97. The lowest BCUT2D eigenvalue weighted by Gasteiger charge is -2.05. The van der Waals surface area contributed by atoms with Crippen LogP contribution in [0.15, 0.2) is 22.8 Å². The number of carbonyl (C=O) groups is 2. The van der Waals surface area contributed by atoms with Crippen LogP contribution in [0.2, 0.25) is 0 Å². The molecule has 0 aromatic carbocycles. The number of hydrogen-bond donors (Lipinski definition) is 2. The molecule has 112 valence electrons. The maximum Gasteiger partial charge on any atom is 0.309 e. The Labute approximate surface area is 120 Å². The van der Waals surface area contributed by atoms with E-state index in [0.717, 1.165) is 12.8 Å². The second kappa shape index (κ2) is 10.1. The largest absolute Gasteiger partial charge is 0.467 e. The highest BCUT2D eigenvalue weighted by molar-refractivity contribution is 6.35. The van der Waals surface area contributed by atoms with Crippen LogP contribution in [-0.2, 0) is 16.1 Å². The summed E-state index contributed by atoms with van der Waals surface area (Å²) in [7, 11) is 0. The number of carbonyl (C=O) groups excluding carboxylic acids is 2. The summed E-state index contributed by atoms with van der Waals surface area (Å²) in [6.07, 6.45) is 8.46. The van der Waals surface area contributed by atoms with Crippen LogP contribution in [0.25, 0.3) is 0 Å². The van der Waals surface area contributed by atoms with Gasteiger partial charge in [0.1, 0.15) is 5.76 Å². The summed E-state index contributed by atoms with van der Waals surface area (Å²) in [4.78, 5) is 23.0. The molecule has 5 nitrogen and oxygen atoms in total. The molecule has 0 unspecified atom stereocenters. The fourth-order valence-electron chi connectivity index (χ4n) is 1.85. The van der Waals surface area contributed by atoms with Crippen LogP contribution in [0, 0.1) is 0 Å². The average Bonchev–Trinajstić information content (AvgIpc) is 2.96. The SMILES string of the molecule is CCCCCCCCNC(=O)C(=O)NCc1ccco1. The van der Waals surface area contributed by atoms with E-state index in [4.69, 9.17) is 4.42 Å². The highest BCUT2D eigenvalue weighted by Crippen LogP contribution is 2.04. The Balaban J connectivity index is 2.02. The average molecular weight is 280 g/mol.